The molecule has 60 valence electrons. The topological polar surface area (TPSA) is 43.1 Å². The van der Waals surface area contributed by atoms with Gasteiger partial charge < -0.3 is 0 Å². The first-order valence-electron chi connectivity index (χ1n) is 2.52. The highest BCUT2D eigenvalue weighted by Gasteiger charge is 2.13. The van der Waals surface area contributed by atoms with Crippen molar-refractivity contribution in [2.24, 2.45) is 0 Å². The number of hydrogen-bond donors (Lipinski definition) is 0. The summed E-state index contributed by atoms with van der Waals surface area (Å²) in [5, 5.41) is 9.91. The molecule has 0 radical (unpaired) electrons. The molecular weight excluding hydrogens is 189 g/mol. The number of allylic oxidation sites excluding steroid dienone is 3. The van der Waals surface area contributed by atoms with E-state index in [-0.39, 0.29) is 15.8 Å². The Kier molecular flexibility index (Phi) is 3.85. The van der Waals surface area contributed by atoms with Gasteiger partial charge in [-0.3, -0.25) is 10.1 Å². The normalized spacial score (nSPS) is 11.8. The molecule has 0 aliphatic heterocycles. The molecule has 0 saturated carbocycles. The van der Waals surface area contributed by atoms with Gasteiger partial charge in [-0.05, 0) is 0 Å². The minimum absolute atomic E-state index is 0.0710. The van der Waals surface area contributed by atoms with Crippen molar-refractivity contribution in [1.82, 2.24) is 0 Å². The lowest BCUT2D eigenvalue weighted by Crippen LogP contribution is -1.97. The average Bonchev–Trinajstić information content (AvgIpc) is 1.88. The summed E-state index contributed by atoms with van der Waals surface area (Å²) in [5.41, 5.74) is -0.341. The molecule has 0 aliphatic rings. The van der Waals surface area contributed by atoms with E-state index in [9.17, 15) is 10.1 Å². The van der Waals surface area contributed by atoms with Crippen LogP contribution < -0.4 is 0 Å². The fourth-order valence-electron chi connectivity index (χ4n) is 0.383. The van der Waals surface area contributed by atoms with Gasteiger partial charge in [0.1, 0.15) is 5.03 Å². The lowest BCUT2D eigenvalue weighted by Gasteiger charge is -1.93. The second-order valence-electron chi connectivity index (χ2n) is 1.57. The fourth-order valence-corrected chi connectivity index (χ4v) is 0.626. The number of nitrogens with zero attached hydrogens (tertiary/aromatic N) is 1. The van der Waals surface area contributed by atoms with Gasteiger partial charge in [-0.25, -0.2) is 0 Å². The molecule has 0 aromatic heterocycles. The summed E-state index contributed by atoms with van der Waals surface area (Å²) >= 11 is 10.7. The molecule has 0 amide bonds. The van der Waals surface area contributed by atoms with Gasteiger partial charge in [-0.15, -0.1) is 0 Å². The summed E-state index contributed by atoms with van der Waals surface area (Å²) in [6.45, 7) is 6.43. The van der Waals surface area contributed by atoms with Crippen LogP contribution in [0.3, 0.4) is 0 Å². The zero-order valence-corrected chi connectivity index (χ0v) is 7.02. The van der Waals surface area contributed by atoms with E-state index in [1.807, 2.05) is 0 Å². The van der Waals surface area contributed by atoms with E-state index >= 15 is 0 Å². The van der Waals surface area contributed by atoms with Crippen LogP contribution in [-0.4, -0.2) is 4.92 Å². The SMILES string of the molecule is C=C/C(=C(/Cl)C(=C)Cl)[N+](=O)[O-]. The molecular formula is C6H5Cl2NO2. The molecule has 3 nitrogen and oxygen atoms in total. The summed E-state index contributed by atoms with van der Waals surface area (Å²) in [4.78, 5) is 9.49. The molecule has 0 bridgehead atoms. The molecule has 5 heteroatoms. The van der Waals surface area contributed by atoms with E-state index in [0.29, 0.717) is 0 Å². The Morgan fingerprint density at radius 1 is 1.55 bits per heavy atom. The van der Waals surface area contributed by atoms with Crippen molar-refractivity contribution < 1.29 is 4.92 Å². The van der Waals surface area contributed by atoms with Crippen LogP contribution in [0.2, 0.25) is 0 Å². The van der Waals surface area contributed by atoms with Gasteiger partial charge in [0.25, 0.3) is 5.70 Å². The quantitative estimate of drug-likeness (QED) is 0.393. The molecule has 0 rings (SSSR count). The van der Waals surface area contributed by atoms with Gasteiger partial charge in [0.2, 0.25) is 0 Å². The summed E-state index contributed by atoms with van der Waals surface area (Å²) < 4.78 is 0. The van der Waals surface area contributed by atoms with Crippen molar-refractivity contribution in [3.05, 3.63) is 45.1 Å². The van der Waals surface area contributed by atoms with Crippen LogP contribution in [0.5, 0.6) is 0 Å². The van der Waals surface area contributed by atoms with E-state index in [1.165, 1.54) is 0 Å². The molecule has 0 fully saturated rings. The summed E-state index contributed by atoms with van der Waals surface area (Å²) in [6.07, 6.45) is 1.01. The molecule has 0 N–H and O–H groups in total. The second-order valence-corrected chi connectivity index (χ2v) is 2.40. The highest BCUT2D eigenvalue weighted by molar-refractivity contribution is 6.43. The molecule has 0 saturated heterocycles. The van der Waals surface area contributed by atoms with Gasteiger partial charge >= 0.3 is 0 Å². The van der Waals surface area contributed by atoms with Gasteiger partial charge in [0.05, 0.1) is 9.96 Å². The van der Waals surface area contributed by atoms with E-state index in [1.54, 1.807) is 0 Å². The lowest BCUT2D eigenvalue weighted by molar-refractivity contribution is -0.419. The van der Waals surface area contributed by atoms with Gasteiger partial charge in [-0.2, -0.15) is 0 Å². The Balaban J connectivity index is 4.99. The molecule has 0 unspecified atom stereocenters. The van der Waals surface area contributed by atoms with E-state index in [4.69, 9.17) is 23.2 Å². The van der Waals surface area contributed by atoms with Crippen LogP contribution in [0.4, 0.5) is 0 Å². The highest BCUT2D eigenvalue weighted by atomic mass is 35.5. The maximum absolute atomic E-state index is 10.2. The van der Waals surface area contributed by atoms with Crippen LogP contribution in [-0.2, 0) is 0 Å². The molecule has 0 aliphatic carbocycles. The third kappa shape index (κ3) is 2.74. The smallest absolute Gasteiger partial charge is 0.258 e. The Hall–Kier alpha value is -0.800. The molecule has 0 heterocycles. The minimum Gasteiger partial charge on any atom is -0.258 e. The maximum Gasteiger partial charge on any atom is 0.288 e. The predicted octanol–water partition coefficient (Wildman–Crippen LogP) is 2.65. The number of nitro groups is 1. The largest absolute Gasteiger partial charge is 0.288 e. The van der Waals surface area contributed by atoms with Crippen LogP contribution in [0, 0.1) is 10.1 Å². The van der Waals surface area contributed by atoms with Crippen LogP contribution in [0.1, 0.15) is 0 Å². The van der Waals surface area contributed by atoms with Crippen molar-refractivity contribution in [1.29, 1.82) is 0 Å². The minimum atomic E-state index is -0.678. The number of halogens is 2. The van der Waals surface area contributed by atoms with Gasteiger partial charge in [0, 0.05) is 6.08 Å². The molecule has 0 aromatic rings. The van der Waals surface area contributed by atoms with Crippen molar-refractivity contribution in [2.75, 3.05) is 0 Å². The monoisotopic (exact) mass is 193 g/mol. The van der Waals surface area contributed by atoms with Crippen LogP contribution in [0.15, 0.2) is 35.0 Å². The number of hydrogen-bond acceptors (Lipinski definition) is 2. The summed E-state index contributed by atoms with van der Waals surface area (Å²) in [6, 6.07) is 0. The Labute approximate surface area is 73.8 Å². The maximum atomic E-state index is 10.2. The Morgan fingerprint density at radius 2 is 2.00 bits per heavy atom. The number of rotatable bonds is 3. The first-order chi connectivity index (χ1) is 5.00. The molecule has 0 aromatic carbocycles. The zero-order chi connectivity index (χ0) is 9.02. The van der Waals surface area contributed by atoms with Gasteiger partial charge in [-0.1, -0.05) is 36.4 Å². The van der Waals surface area contributed by atoms with Crippen LogP contribution >= 0.6 is 23.2 Å². The van der Waals surface area contributed by atoms with E-state index < -0.39 is 4.92 Å². The average molecular weight is 194 g/mol. The summed E-state index contributed by atoms with van der Waals surface area (Å²) in [7, 11) is 0. The van der Waals surface area contributed by atoms with Gasteiger partial charge in [0.15, 0.2) is 0 Å². The van der Waals surface area contributed by atoms with Crippen molar-refractivity contribution in [2.45, 2.75) is 0 Å². The Bertz CT molecular complexity index is 245. The van der Waals surface area contributed by atoms with E-state index in [2.05, 4.69) is 13.2 Å². The van der Waals surface area contributed by atoms with Crippen molar-refractivity contribution in [3.63, 3.8) is 0 Å². The summed E-state index contributed by atoms with van der Waals surface area (Å²) in [5.74, 6) is 0. The highest BCUT2D eigenvalue weighted by Crippen LogP contribution is 2.21. The molecule has 0 spiro atoms. The van der Waals surface area contributed by atoms with Crippen LogP contribution in [0.25, 0.3) is 0 Å². The second kappa shape index (κ2) is 4.16. The van der Waals surface area contributed by atoms with E-state index in [0.717, 1.165) is 6.08 Å². The fraction of sp³-hybridized carbons (Fsp3) is 0. The third-order valence-electron chi connectivity index (χ3n) is 0.853. The molecule has 11 heavy (non-hydrogen) atoms. The zero-order valence-electron chi connectivity index (χ0n) is 5.51. The predicted molar refractivity (Wildman–Crippen MR) is 45.1 cm³/mol. The first kappa shape index (κ1) is 10.2. The lowest BCUT2D eigenvalue weighted by atomic mass is 10.4. The van der Waals surface area contributed by atoms with Crippen molar-refractivity contribution >= 4 is 23.2 Å². The Morgan fingerprint density at radius 3 is 2.09 bits per heavy atom. The first-order valence-corrected chi connectivity index (χ1v) is 3.27. The standard InChI is InChI=1S/C6H5Cl2NO2/c1-3-5(9(10)11)6(8)4(2)7/h3H,1-2H2/b6-5-. The molecule has 0 atom stereocenters. The van der Waals surface area contributed by atoms with Crippen molar-refractivity contribution in [3.8, 4) is 0 Å². The third-order valence-corrected chi connectivity index (χ3v) is 1.56.